The van der Waals surface area contributed by atoms with Gasteiger partial charge in [-0.3, -0.25) is 9.79 Å². The average Bonchev–Trinajstić information content (AvgIpc) is 2.53. The van der Waals surface area contributed by atoms with Crippen LogP contribution in [0.4, 0.5) is 4.39 Å². The van der Waals surface area contributed by atoms with Crippen molar-refractivity contribution in [2.24, 2.45) is 4.99 Å². The van der Waals surface area contributed by atoms with Gasteiger partial charge in [0, 0.05) is 26.2 Å². The van der Waals surface area contributed by atoms with E-state index in [4.69, 9.17) is 0 Å². The van der Waals surface area contributed by atoms with Gasteiger partial charge in [0.2, 0.25) is 5.91 Å². The van der Waals surface area contributed by atoms with Crippen LogP contribution in [0.2, 0.25) is 0 Å². The number of guanidine groups is 1. The number of halogens is 1. The van der Waals surface area contributed by atoms with E-state index in [-0.39, 0.29) is 36.4 Å². The molecule has 7 heteroatoms. The number of rotatable bonds is 4. The van der Waals surface area contributed by atoms with Crippen molar-refractivity contribution >= 4 is 11.9 Å². The fourth-order valence-electron chi connectivity index (χ4n) is 3.64. The normalized spacial score (nSPS) is 19.1. The van der Waals surface area contributed by atoms with Gasteiger partial charge in [0.15, 0.2) is 5.96 Å². The predicted octanol–water partition coefficient (Wildman–Crippen LogP) is 1.77. The maximum atomic E-state index is 13.0. The Kier molecular flexibility index (Phi) is 6.23. The number of nitrogens with one attached hydrogen (secondary N) is 1. The zero-order valence-electron chi connectivity index (χ0n) is 16.2. The van der Waals surface area contributed by atoms with Crippen LogP contribution in [0.25, 0.3) is 0 Å². The van der Waals surface area contributed by atoms with E-state index in [1.807, 2.05) is 37.5 Å². The average molecular weight is 364 g/mol. The number of nitrogens with zero attached hydrogens (tertiary/aromatic N) is 3. The highest BCUT2D eigenvalue weighted by Crippen LogP contribution is 2.24. The van der Waals surface area contributed by atoms with Crippen molar-refractivity contribution in [3.63, 3.8) is 0 Å². The van der Waals surface area contributed by atoms with E-state index >= 15 is 0 Å². The summed E-state index contributed by atoms with van der Waals surface area (Å²) in [5, 5.41) is 13.4. The first-order chi connectivity index (χ1) is 12.2. The molecule has 1 aromatic rings. The summed E-state index contributed by atoms with van der Waals surface area (Å²) >= 11 is 0. The third-order valence-corrected chi connectivity index (χ3v) is 4.56. The van der Waals surface area contributed by atoms with Gasteiger partial charge < -0.3 is 20.2 Å². The molecule has 0 radical (unpaired) electrons. The van der Waals surface area contributed by atoms with Gasteiger partial charge in [-0.05, 0) is 45.4 Å². The molecule has 1 aromatic carbocycles. The Morgan fingerprint density at radius 3 is 2.46 bits per heavy atom. The lowest BCUT2D eigenvalue weighted by Gasteiger charge is -2.49. The molecule has 2 N–H and O–H groups in total. The zero-order chi connectivity index (χ0) is 19.5. The van der Waals surface area contributed by atoms with Crippen molar-refractivity contribution in [3.8, 4) is 0 Å². The molecule has 6 nitrogen and oxygen atoms in total. The molecule has 1 fully saturated rings. The third kappa shape index (κ3) is 4.52. The summed E-state index contributed by atoms with van der Waals surface area (Å²) in [4.78, 5) is 20.6. The van der Waals surface area contributed by atoms with Crippen molar-refractivity contribution in [2.75, 3.05) is 26.7 Å². The number of carbonyl (C=O) groups is 1. The Morgan fingerprint density at radius 2 is 1.96 bits per heavy atom. The smallest absolute Gasteiger partial charge is 0.242 e. The van der Waals surface area contributed by atoms with Crippen LogP contribution in [-0.4, -0.2) is 65.0 Å². The highest BCUT2D eigenvalue weighted by atomic mass is 19.1. The molecule has 1 unspecified atom stereocenters. The van der Waals surface area contributed by atoms with Gasteiger partial charge in [0.1, 0.15) is 5.82 Å². The second-order valence-corrected chi connectivity index (χ2v) is 7.52. The van der Waals surface area contributed by atoms with E-state index in [0.717, 1.165) is 0 Å². The molecule has 1 heterocycles. The maximum Gasteiger partial charge on any atom is 0.242 e. The molecule has 1 saturated heterocycles. The van der Waals surface area contributed by atoms with E-state index in [2.05, 4.69) is 10.3 Å². The van der Waals surface area contributed by atoms with Gasteiger partial charge in [-0.1, -0.05) is 12.1 Å². The molecule has 0 saturated carbocycles. The lowest BCUT2D eigenvalue weighted by molar-refractivity contribution is -0.145. The molecule has 0 bridgehead atoms. The Bertz CT molecular complexity index is 658. The van der Waals surface area contributed by atoms with Crippen molar-refractivity contribution in [1.82, 2.24) is 15.1 Å². The van der Waals surface area contributed by atoms with E-state index in [9.17, 15) is 14.3 Å². The summed E-state index contributed by atoms with van der Waals surface area (Å²) in [6.45, 7) is 9.22. The van der Waals surface area contributed by atoms with Crippen LogP contribution >= 0.6 is 0 Å². The van der Waals surface area contributed by atoms with Gasteiger partial charge in [0.05, 0.1) is 18.2 Å². The Labute approximate surface area is 154 Å². The topological polar surface area (TPSA) is 68.2 Å². The van der Waals surface area contributed by atoms with Crippen LogP contribution in [0.3, 0.4) is 0 Å². The van der Waals surface area contributed by atoms with Crippen LogP contribution in [0.15, 0.2) is 29.3 Å². The number of hydrogen-bond donors (Lipinski definition) is 2. The van der Waals surface area contributed by atoms with Crippen LogP contribution in [0.5, 0.6) is 0 Å². The maximum absolute atomic E-state index is 13.0. The standard InChI is InChI=1S/C19H29FN4O2/c1-13(2)24-17(26)11-23(12-19(24,3)4)18(21-5)22-10-16(25)14-6-8-15(20)9-7-14/h6-9,13,16,25H,10-12H2,1-5H3,(H,21,22). The lowest BCUT2D eigenvalue weighted by Crippen LogP contribution is -2.66. The zero-order valence-corrected chi connectivity index (χ0v) is 16.2. The molecule has 0 aliphatic carbocycles. The van der Waals surface area contributed by atoms with Gasteiger partial charge in [-0.25, -0.2) is 4.39 Å². The molecule has 1 amide bonds. The molecule has 0 spiro atoms. The number of carbonyl (C=O) groups excluding carboxylic acids is 1. The number of benzene rings is 1. The van der Waals surface area contributed by atoms with Crippen LogP contribution in [0, 0.1) is 5.82 Å². The van der Waals surface area contributed by atoms with Crippen molar-refractivity contribution < 1.29 is 14.3 Å². The quantitative estimate of drug-likeness (QED) is 0.631. The van der Waals surface area contributed by atoms with E-state index < -0.39 is 6.10 Å². The monoisotopic (exact) mass is 364 g/mol. The number of aliphatic hydroxyl groups excluding tert-OH is 1. The molecule has 26 heavy (non-hydrogen) atoms. The van der Waals surface area contributed by atoms with Crippen molar-refractivity contribution in [1.29, 1.82) is 0 Å². The number of amides is 1. The fourth-order valence-corrected chi connectivity index (χ4v) is 3.64. The van der Waals surface area contributed by atoms with Gasteiger partial charge >= 0.3 is 0 Å². The molecule has 144 valence electrons. The highest BCUT2D eigenvalue weighted by molar-refractivity contribution is 5.88. The van der Waals surface area contributed by atoms with Crippen LogP contribution < -0.4 is 5.32 Å². The van der Waals surface area contributed by atoms with Crippen molar-refractivity contribution in [2.45, 2.75) is 45.4 Å². The Hall–Kier alpha value is -2.15. The lowest BCUT2D eigenvalue weighted by atomic mass is 9.96. The third-order valence-electron chi connectivity index (χ3n) is 4.56. The molecule has 2 rings (SSSR count). The predicted molar refractivity (Wildman–Crippen MR) is 100 cm³/mol. The molecule has 1 atom stereocenters. The first kappa shape index (κ1) is 20.2. The van der Waals surface area contributed by atoms with Gasteiger partial charge in [-0.2, -0.15) is 0 Å². The summed E-state index contributed by atoms with van der Waals surface area (Å²) in [6, 6.07) is 5.88. The summed E-state index contributed by atoms with van der Waals surface area (Å²) in [7, 11) is 1.65. The summed E-state index contributed by atoms with van der Waals surface area (Å²) in [5.41, 5.74) is 0.298. The minimum atomic E-state index is -0.798. The Morgan fingerprint density at radius 1 is 1.35 bits per heavy atom. The Balaban J connectivity index is 2.03. The summed E-state index contributed by atoms with van der Waals surface area (Å²) in [5.74, 6) is 0.280. The second kappa shape index (κ2) is 8.03. The van der Waals surface area contributed by atoms with Crippen LogP contribution in [-0.2, 0) is 4.79 Å². The minimum Gasteiger partial charge on any atom is -0.387 e. The SMILES string of the molecule is CN=C(NCC(O)c1ccc(F)cc1)N1CC(=O)N(C(C)C)C(C)(C)C1. The minimum absolute atomic E-state index is 0.0540. The molecular formula is C19H29FN4O2. The van der Waals surface area contributed by atoms with E-state index in [1.165, 1.54) is 12.1 Å². The summed E-state index contributed by atoms with van der Waals surface area (Å²) < 4.78 is 13.0. The number of aliphatic hydroxyl groups is 1. The number of hydrogen-bond acceptors (Lipinski definition) is 3. The number of aliphatic imine (C=N–C) groups is 1. The first-order valence-corrected chi connectivity index (χ1v) is 8.87. The molecule has 1 aliphatic rings. The fraction of sp³-hybridized carbons (Fsp3) is 0.579. The van der Waals surface area contributed by atoms with Crippen molar-refractivity contribution in [3.05, 3.63) is 35.6 Å². The van der Waals surface area contributed by atoms with Gasteiger partial charge in [0.25, 0.3) is 0 Å². The second-order valence-electron chi connectivity index (χ2n) is 7.52. The number of piperazine rings is 1. The van der Waals surface area contributed by atoms with E-state index in [0.29, 0.717) is 18.1 Å². The summed E-state index contributed by atoms with van der Waals surface area (Å²) in [6.07, 6.45) is -0.798. The largest absolute Gasteiger partial charge is 0.387 e. The van der Waals surface area contributed by atoms with E-state index in [1.54, 1.807) is 19.2 Å². The van der Waals surface area contributed by atoms with Crippen LogP contribution in [0.1, 0.15) is 39.4 Å². The highest BCUT2D eigenvalue weighted by Gasteiger charge is 2.40. The molecule has 0 aromatic heterocycles. The van der Waals surface area contributed by atoms with Gasteiger partial charge in [-0.15, -0.1) is 0 Å². The first-order valence-electron chi connectivity index (χ1n) is 8.87. The molecular weight excluding hydrogens is 335 g/mol. The molecule has 1 aliphatic heterocycles.